The number of fused-ring (bicyclic) bond motifs is 1. The molecule has 190 valence electrons. The lowest BCUT2D eigenvalue weighted by atomic mass is 10.1. The zero-order valence-corrected chi connectivity index (χ0v) is 22.0. The van der Waals surface area contributed by atoms with Gasteiger partial charge in [-0.1, -0.05) is 74.4 Å². The highest BCUT2D eigenvalue weighted by Gasteiger charge is 2.22. The van der Waals surface area contributed by atoms with Gasteiger partial charge < -0.3 is 14.5 Å². The Morgan fingerprint density at radius 1 is 1.14 bits per heavy atom. The van der Waals surface area contributed by atoms with Gasteiger partial charge in [0.1, 0.15) is 11.6 Å². The van der Waals surface area contributed by atoms with Crippen molar-refractivity contribution in [2.45, 2.75) is 48.8 Å². The van der Waals surface area contributed by atoms with E-state index in [4.69, 9.17) is 20.8 Å². The predicted molar refractivity (Wildman–Crippen MR) is 148 cm³/mol. The lowest BCUT2D eigenvalue weighted by molar-refractivity contribution is 0.0372. The number of oxazole rings is 1. The normalized spacial score (nSPS) is 11.7. The van der Waals surface area contributed by atoms with Crippen LogP contribution in [0.5, 0.6) is 0 Å². The molecule has 1 N–H and O–H groups in total. The number of ether oxygens (including phenoxy) is 1. The molecule has 1 heterocycles. The third-order valence-electron chi connectivity index (χ3n) is 5.66. The smallest absolute Gasteiger partial charge is 0.339 e. The summed E-state index contributed by atoms with van der Waals surface area (Å²) in [6.45, 7) is 5.93. The number of unbranched alkanes of at least 4 members (excludes halogenated alkanes) is 2. The van der Waals surface area contributed by atoms with Gasteiger partial charge in [-0.25, -0.2) is 9.78 Å². The number of para-hydroxylation sites is 2. The molecule has 0 saturated heterocycles. The van der Waals surface area contributed by atoms with Crippen LogP contribution in [0.15, 0.2) is 93.9 Å². The number of halogens is 1. The summed E-state index contributed by atoms with van der Waals surface area (Å²) in [7, 11) is 0. The van der Waals surface area contributed by atoms with Gasteiger partial charge in [-0.3, -0.25) is 4.79 Å². The van der Waals surface area contributed by atoms with Crippen molar-refractivity contribution in [1.82, 2.24) is 4.98 Å². The molecule has 0 saturated carbocycles. The monoisotopic (exact) mass is 534 g/mol. The molecule has 4 aromatic rings. The molecule has 3 aromatic carbocycles. The highest BCUT2D eigenvalue weighted by molar-refractivity contribution is 7.99. The van der Waals surface area contributed by atoms with Gasteiger partial charge in [0.15, 0.2) is 5.58 Å². The average Bonchev–Trinajstić information content (AvgIpc) is 3.32. The van der Waals surface area contributed by atoms with Gasteiger partial charge in [0, 0.05) is 10.5 Å². The molecule has 1 aromatic heterocycles. The molecule has 37 heavy (non-hydrogen) atoms. The number of carbonyl (C=O) groups excluding carboxylic acids is 2. The maximum absolute atomic E-state index is 13.4. The van der Waals surface area contributed by atoms with Gasteiger partial charge in [0.25, 0.3) is 11.1 Å². The van der Waals surface area contributed by atoms with Gasteiger partial charge in [-0.05, 0) is 61.0 Å². The van der Waals surface area contributed by atoms with E-state index in [0.29, 0.717) is 38.9 Å². The molecule has 1 amide bonds. The molecule has 0 aliphatic carbocycles. The number of nitrogens with one attached hydrogen (secondary N) is 1. The van der Waals surface area contributed by atoms with Gasteiger partial charge in [-0.2, -0.15) is 0 Å². The molecule has 0 aliphatic rings. The Bertz CT molecular complexity index is 1370. The Hall–Kier alpha value is -3.55. The van der Waals surface area contributed by atoms with E-state index in [-0.39, 0.29) is 16.5 Å². The van der Waals surface area contributed by atoms with E-state index < -0.39 is 12.1 Å². The van der Waals surface area contributed by atoms with Crippen LogP contribution in [0.1, 0.15) is 53.3 Å². The minimum Gasteiger partial charge on any atom is -0.455 e. The largest absolute Gasteiger partial charge is 0.455 e. The van der Waals surface area contributed by atoms with Crippen LogP contribution in [0.4, 0.5) is 5.69 Å². The summed E-state index contributed by atoms with van der Waals surface area (Å²) >= 11 is 7.71. The van der Waals surface area contributed by atoms with Crippen molar-refractivity contribution in [3.05, 3.63) is 95.5 Å². The zero-order chi connectivity index (χ0) is 26.2. The van der Waals surface area contributed by atoms with Crippen LogP contribution >= 0.6 is 23.4 Å². The second-order valence-electron chi connectivity index (χ2n) is 8.37. The number of esters is 1. The Kier molecular flexibility index (Phi) is 9.04. The van der Waals surface area contributed by atoms with E-state index in [1.54, 1.807) is 36.4 Å². The second kappa shape index (κ2) is 12.6. The van der Waals surface area contributed by atoms with E-state index in [2.05, 4.69) is 23.8 Å². The Labute approximate surface area is 225 Å². The minimum absolute atomic E-state index is 0.238. The summed E-state index contributed by atoms with van der Waals surface area (Å²) < 4.78 is 11.6. The van der Waals surface area contributed by atoms with Crippen molar-refractivity contribution in [2.75, 3.05) is 5.32 Å². The van der Waals surface area contributed by atoms with E-state index >= 15 is 0 Å². The first kappa shape index (κ1) is 26.5. The molecule has 1 atom stereocenters. The van der Waals surface area contributed by atoms with Crippen molar-refractivity contribution in [3.63, 3.8) is 0 Å². The number of aromatic nitrogens is 1. The van der Waals surface area contributed by atoms with Crippen molar-refractivity contribution < 1.29 is 18.7 Å². The molecule has 0 fully saturated rings. The summed E-state index contributed by atoms with van der Waals surface area (Å²) in [4.78, 5) is 31.1. The van der Waals surface area contributed by atoms with Crippen molar-refractivity contribution in [3.8, 4) is 0 Å². The SMILES string of the molecule is C=CC(CCCCC)OC(=O)c1cc(NC(=O)c2ccccc2)c(Cl)cc1Sc1nc2ccccc2o1. The molecule has 6 nitrogen and oxygen atoms in total. The minimum atomic E-state index is -0.549. The molecule has 0 spiro atoms. The van der Waals surface area contributed by atoms with Crippen LogP contribution in [-0.4, -0.2) is 23.0 Å². The van der Waals surface area contributed by atoms with Gasteiger partial charge >= 0.3 is 5.97 Å². The first-order valence-electron chi connectivity index (χ1n) is 12.1. The van der Waals surface area contributed by atoms with Crippen LogP contribution in [-0.2, 0) is 4.74 Å². The fraction of sp³-hybridized carbons (Fsp3) is 0.207. The number of amides is 1. The molecular weight excluding hydrogens is 508 g/mol. The van der Waals surface area contributed by atoms with Gasteiger partial charge in [0.2, 0.25) is 0 Å². The lowest BCUT2D eigenvalue weighted by Crippen LogP contribution is -2.18. The summed E-state index contributed by atoms with van der Waals surface area (Å²) in [5, 5.41) is 3.42. The zero-order valence-electron chi connectivity index (χ0n) is 20.4. The summed E-state index contributed by atoms with van der Waals surface area (Å²) in [6, 6.07) is 19.3. The average molecular weight is 535 g/mol. The molecule has 0 radical (unpaired) electrons. The number of rotatable bonds is 11. The second-order valence-corrected chi connectivity index (χ2v) is 9.77. The number of anilines is 1. The summed E-state index contributed by atoms with van der Waals surface area (Å²) in [5.74, 6) is -0.892. The molecule has 0 aliphatic heterocycles. The number of benzene rings is 3. The topological polar surface area (TPSA) is 81.4 Å². The third-order valence-corrected chi connectivity index (χ3v) is 6.88. The molecule has 1 unspecified atom stereocenters. The fourth-order valence-electron chi connectivity index (χ4n) is 3.69. The predicted octanol–water partition coefficient (Wildman–Crippen LogP) is 8.18. The van der Waals surface area contributed by atoms with E-state index in [9.17, 15) is 9.59 Å². The molecule has 4 rings (SSSR count). The molecule has 0 bridgehead atoms. The van der Waals surface area contributed by atoms with E-state index in [1.807, 2.05) is 30.3 Å². The first-order valence-corrected chi connectivity index (χ1v) is 13.2. The fourth-order valence-corrected chi connectivity index (χ4v) is 4.86. The number of hydrogen-bond donors (Lipinski definition) is 1. The lowest BCUT2D eigenvalue weighted by Gasteiger charge is -2.17. The van der Waals surface area contributed by atoms with Crippen molar-refractivity contribution in [2.24, 2.45) is 0 Å². The maximum Gasteiger partial charge on any atom is 0.339 e. The Morgan fingerprint density at radius 3 is 2.62 bits per heavy atom. The van der Waals surface area contributed by atoms with Gasteiger partial charge in [0.05, 0.1) is 16.3 Å². The summed E-state index contributed by atoms with van der Waals surface area (Å²) in [6.07, 6.45) is 4.91. The van der Waals surface area contributed by atoms with Crippen LogP contribution in [0, 0.1) is 0 Å². The van der Waals surface area contributed by atoms with E-state index in [1.165, 1.54) is 6.07 Å². The maximum atomic E-state index is 13.4. The molecule has 8 heteroatoms. The van der Waals surface area contributed by atoms with E-state index in [0.717, 1.165) is 31.0 Å². The van der Waals surface area contributed by atoms with Gasteiger partial charge in [-0.15, -0.1) is 0 Å². The quantitative estimate of drug-likeness (QED) is 0.119. The highest BCUT2D eigenvalue weighted by atomic mass is 35.5. The van der Waals surface area contributed by atoms with Crippen molar-refractivity contribution >= 4 is 52.0 Å². The highest BCUT2D eigenvalue weighted by Crippen LogP contribution is 2.37. The first-order chi connectivity index (χ1) is 18.0. The third kappa shape index (κ3) is 6.81. The molecular formula is C29H27ClN2O4S. The van der Waals surface area contributed by atoms with Crippen LogP contribution in [0.2, 0.25) is 5.02 Å². The standard InChI is InChI=1S/C29H27ClN2O4S/c1-3-5-7-14-20(4-2)35-28(34)21-17-24(31-27(33)19-12-8-6-9-13-19)22(30)18-26(21)37-29-32-23-15-10-11-16-25(23)36-29/h4,6,8-13,15-18,20H,2-3,5,7,14H2,1H3,(H,31,33). The summed E-state index contributed by atoms with van der Waals surface area (Å²) in [5.41, 5.74) is 2.34. The Morgan fingerprint density at radius 2 is 1.89 bits per heavy atom. The number of hydrogen-bond acceptors (Lipinski definition) is 6. The van der Waals surface area contributed by atoms with Crippen LogP contribution in [0.3, 0.4) is 0 Å². The number of carbonyl (C=O) groups is 2. The Balaban J connectivity index is 1.65. The van der Waals surface area contributed by atoms with Crippen LogP contribution < -0.4 is 5.32 Å². The van der Waals surface area contributed by atoms with Crippen LogP contribution in [0.25, 0.3) is 11.1 Å². The number of nitrogens with zero attached hydrogens (tertiary/aromatic N) is 1. The van der Waals surface area contributed by atoms with Crippen molar-refractivity contribution in [1.29, 1.82) is 0 Å².